The van der Waals surface area contributed by atoms with E-state index >= 15 is 0 Å². The molecule has 31 heavy (non-hydrogen) atoms. The van der Waals surface area contributed by atoms with Crippen LogP contribution in [0.3, 0.4) is 0 Å². The van der Waals surface area contributed by atoms with Gasteiger partial charge in [-0.2, -0.15) is 10.2 Å². The molecule has 7 heteroatoms. The Balaban J connectivity index is 1.40. The number of methoxy groups -OCH3 is 1. The summed E-state index contributed by atoms with van der Waals surface area (Å²) in [5, 5.41) is 21.2. The van der Waals surface area contributed by atoms with Crippen LogP contribution >= 0.6 is 0 Å². The Kier molecular flexibility index (Phi) is 6.12. The second-order valence-electron chi connectivity index (χ2n) is 7.38. The molecule has 0 unspecified atom stereocenters. The standard InChI is InChI=1S/C24H24N4O3/c1-31-23-15-17(7-14-22(23)29)16-28(21-12-13-21)24(30)25-18-8-10-20(11-9-18)27-26-19-5-3-2-4-6-19/h2-11,14-15,21,29H,12-13,16H2,1H3,(H,25,30). The number of aromatic hydroxyl groups is 1. The lowest BCUT2D eigenvalue weighted by molar-refractivity contribution is 0.206. The van der Waals surface area contributed by atoms with Crippen molar-refractivity contribution in [3.05, 3.63) is 78.4 Å². The fourth-order valence-corrected chi connectivity index (χ4v) is 3.19. The molecule has 158 valence electrons. The van der Waals surface area contributed by atoms with E-state index in [0.717, 1.165) is 24.1 Å². The van der Waals surface area contributed by atoms with Gasteiger partial charge in [0.15, 0.2) is 11.5 Å². The number of benzene rings is 3. The molecule has 3 aromatic carbocycles. The number of amides is 2. The highest BCUT2D eigenvalue weighted by Gasteiger charge is 2.32. The van der Waals surface area contributed by atoms with E-state index in [-0.39, 0.29) is 17.8 Å². The Morgan fingerprint density at radius 2 is 1.71 bits per heavy atom. The molecule has 0 aromatic heterocycles. The third-order valence-electron chi connectivity index (χ3n) is 5.00. The van der Waals surface area contributed by atoms with Crippen molar-refractivity contribution in [2.24, 2.45) is 10.2 Å². The number of azo groups is 1. The molecule has 1 saturated carbocycles. The maximum Gasteiger partial charge on any atom is 0.322 e. The number of rotatable bonds is 7. The van der Waals surface area contributed by atoms with Crippen LogP contribution in [0.25, 0.3) is 0 Å². The van der Waals surface area contributed by atoms with E-state index in [1.807, 2.05) is 59.5 Å². The second-order valence-corrected chi connectivity index (χ2v) is 7.38. The fraction of sp³-hybridized carbons (Fsp3) is 0.208. The van der Waals surface area contributed by atoms with E-state index in [9.17, 15) is 9.90 Å². The number of carbonyl (C=O) groups excluding carboxylic acids is 1. The first-order chi connectivity index (χ1) is 15.1. The summed E-state index contributed by atoms with van der Waals surface area (Å²) in [7, 11) is 1.51. The predicted octanol–water partition coefficient (Wildman–Crippen LogP) is 6.01. The molecule has 7 nitrogen and oxygen atoms in total. The van der Waals surface area contributed by atoms with Gasteiger partial charge in [0.1, 0.15) is 0 Å². The van der Waals surface area contributed by atoms with Crippen molar-refractivity contribution in [2.75, 3.05) is 12.4 Å². The van der Waals surface area contributed by atoms with Crippen molar-refractivity contribution in [2.45, 2.75) is 25.4 Å². The van der Waals surface area contributed by atoms with Crippen LogP contribution in [0.15, 0.2) is 83.0 Å². The Labute approximate surface area is 181 Å². The maximum absolute atomic E-state index is 12.9. The zero-order chi connectivity index (χ0) is 21.6. The molecule has 0 heterocycles. The molecule has 2 amide bonds. The van der Waals surface area contributed by atoms with Crippen LogP contribution in [-0.4, -0.2) is 29.2 Å². The number of urea groups is 1. The lowest BCUT2D eigenvalue weighted by Crippen LogP contribution is -2.36. The number of anilines is 1. The van der Waals surface area contributed by atoms with E-state index in [4.69, 9.17) is 4.74 Å². The van der Waals surface area contributed by atoms with E-state index in [0.29, 0.717) is 23.7 Å². The SMILES string of the molecule is COc1cc(CN(C(=O)Nc2ccc(N=Nc3ccccc3)cc2)C2CC2)ccc1O. The van der Waals surface area contributed by atoms with Gasteiger partial charge >= 0.3 is 6.03 Å². The molecule has 1 fully saturated rings. The van der Waals surface area contributed by atoms with Gasteiger partial charge in [-0.1, -0.05) is 24.3 Å². The van der Waals surface area contributed by atoms with E-state index in [2.05, 4.69) is 15.5 Å². The van der Waals surface area contributed by atoms with Gasteiger partial charge < -0.3 is 20.1 Å². The Morgan fingerprint density at radius 1 is 1.03 bits per heavy atom. The smallest absolute Gasteiger partial charge is 0.322 e. The zero-order valence-electron chi connectivity index (χ0n) is 17.2. The van der Waals surface area contributed by atoms with Crippen LogP contribution in [0.1, 0.15) is 18.4 Å². The molecule has 1 aliphatic rings. The monoisotopic (exact) mass is 416 g/mol. The maximum atomic E-state index is 12.9. The molecular weight excluding hydrogens is 392 g/mol. The number of nitrogens with zero attached hydrogens (tertiary/aromatic N) is 3. The molecule has 0 radical (unpaired) electrons. The molecule has 0 bridgehead atoms. The molecule has 3 aromatic rings. The zero-order valence-corrected chi connectivity index (χ0v) is 17.2. The minimum Gasteiger partial charge on any atom is -0.504 e. The molecule has 2 N–H and O–H groups in total. The Morgan fingerprint density at radius 3 is 2.35 bits per heavy atom. The lowest BCUT2D eigenvalue weighted by Gasteiger charge is -2.23. The van der Waals surface area contributed by atoms with Crippen LogP contribution in [-0.2, 0) is 6.54 Å². The molecule has 1 aliphatic carbocycles. The number of nitrogens with one attached hydrogen (secondary N) is 1. The largest absolute Gasteiger partial charge is 0.504 e. The number of phenolic OH excluding ortho intramolecular Hbond substituents is 1. The third-order valence-corrected chi connectivity index (χ3v) is 5.00. The summed E-state index contributed by atoms with van der Waals surface area (Å²) in [6, 6.07) is 22.0. The number of phenols is 1. The highest BCUT2D eigenvalue weighted by Crippen LogP contribution is 2.32. The fourth-order valence-electron chi connectivity index (χ4n) is 3.19. The van der Waals surface area contributed by atoms with Crippen molar-refractivity contribution in [1.82, 2.24) is 4.90 Å². The van der Waals surface area contributed by atoms with Gasteiger partial charge in [-0.25, -0.2) is 4.79 Å². The van der Waals surface area contributed by atoms with Crippen molar-refractivity contribution in [1.29, 1.82) is 0 Å². The third kappa shape index (κ3) is 5.39. The summed E-state index contributed by atoms with van der Waals surface area (Å²) in [5.74, 6) is 0.479. The second kappa shape index (κ2) is 9.30. The minimum absolute atomic E-state index is 0.0816. The van der Waals surface area contributed by atoms with Crippen molar-refractivity contribution in [3.8, 4) is 11.5 Å². The first-order valence-electron chi connectivity index (χ1n) is 10.1. The first kappa shape index (κ1) is 20.4. The highest BCUT2D eigenvalue weighted by molar-refractivity contribution is 5.90. The topological polar surface area (TPSA) is 86.5 Å². The molecular formula is C24H24N4O3. The van der Waals surface area contributed by atoms with E-state index in [1.165, 1.54) is 7.11 Å². The normalized spacial score (nSPS) is 13.2. The summed E-state index contributed by atoms with van der Waals surface area (Å²) in [4.78, 5) is 14.7. The number of hydrogen-bond acceptors (Lipinski definition) is 5. The van der Waals surface area contributed by atoms with Crippen LogP contribution in [0, 0.1) is 0 Å². The van der Waals surface area contributed by atoms with Crippen LogP contribution in [0.5, 0.6) is 11.5 Å². The molecule has 0 atom stereocenters. The number of carbonyl (C=O) groups is 1. The van der Waals surface area contributed by atoms with Gasteiger partial charge in [-0.15, -0.1) is 0 Å². The Hall–Kier alpha value is -3.87. The van der Waals surface area contributed by atoms with Gasteiger partial charge in [-0.3, -0.25) is 0 Å². The highest BCUT2D eigenvalue weighted by atomic mass is 16.5. The average Bonchev–Trinajstić information content (AvgIpc) is 3.64. The van der Waals surface area contributed by atoms with Gasteiger partial charge in [0.05, 0.1) is 18.5 Å². The van der Waals surface area contributed by atoms with Gasteiger partial charge in [0.2, 0.25) is 0 Å². The van der Waals surface area contributed by atoms with E-state index in [1.54, 1.807) is 18.2 Å². The lowest BCUT2D eigenvalue weighted by atomic mass is 10.2. The first-order valence-corrected chi connectivity index (χ1v) is 10.1. The van der Waals surface area contributed by atoms with Crippen LogP contribution in [0.4, 0.5) is 21.9 Å². The van der Waals surface area contributed by atoms with Crippen molar-refractivity contribution >= 4 is 23.1 Å². The quantitative estimate of drug-likeness (QED) is 0.462. The summed E-state index contributed by atoms with van der Waals surface area (Å²) in [6.07, 6.45) is 1.98. The molecule has 0 aliphatic heterocycles. The number of hydrogen-bond donors (Lipinski definition) is 2. The van der Waals surface area contributed by atoms with Gasteiger partial charge in [0.25, 0.3) is 0 Å². The summed E-state index contributed by atoms with van der Waals surface area (Å²) >= 11 is 0. The predicted molar refractivity (Wildman–Crippen MR) is 119 cm³/mol. The Bertz CT molecular complexity index is 1060. The average molecular weight is 416 g/mol. The summed E-state index contributed by atoms with van der Waals surface area (Å²) in [5.41, 5.74) is 3.08. The molecule has 0 spiro atoms. The van der Waals surface area contributed by atoms with Crippen molar-refractivity contribution in [3.63, 3.8) is 0 Å². The number of ether oxygens (including phenoxy) is 1. The van der Waals surface area contributed by atoms with Gasteiger partial charge in [0, 0.05) is 18.3 Å². The molecule has 0 saturated heterocycles. The van der Waals surface area contributed by atoms with Crippen LogP contribution in [0.2, 0.25) is 0 Å². The minimum atomic E-state index is -0.159. The van der Waals surface area contributed by atoms with E-state index < -0.39 is 0 Å². The van der Waals surface area contributed by atoms with Gasteiger partial charge in [-0.05, 0) is 66.9 Å². The molecule has 4 rings (SSSR count). The summed E-state index contributed by atoms with van der Waals surface area (Å²) in [6.45, 7) is 0.441. The summed E-state index contributed by atoms with van der Waals surface area (Å²) < 4.78 is 5.17. The van der Waals surface area contributed by atoms with Crippen molar-refractivity contribution < 1.29 is 14.6 Å². The van der Waals surface area contributed by atoms with Crippen LogP contribution < -0.4 is 10.1 Å².